The van der Waals surface area contributed by atoms with Crippen LogP contribution in [0.5, 0.6) is 0 Å². The molecule has 0 aliphatic heterocycles. The Balaban J connectivity index is 0.000000640. The Hall–Kier alpha value is -0.780. The summed E-state index contributed by atoms with van der Waals surface area (Å²) < 4.78 is 0. The van der Waals surface area contributed by atoms with E-state index in [0.717, 1.165) is 6.42 Å². The number of hydrogen-bond acceptors (Lipinski definition) is 0. The molecule has 0 atom stereocenters. The molecule has 0 heterocycles. The van der Waals surface area contributed by atoms with Crippen LogP contribution in [0.25, 0.3) is 0 Å². The van der Waals surface area contributed by atoms with Gasteiger partial charge < -0.3 is 0 Å². The summed E-state index contributed by atoms with van der Waals surface area (Å²) in [4.78, 5) is 0. The second kappa shape index (κ2) is 2.51. The Kier molecular flexibility index (Phi) is 1.68. The smallest absolute Gasteiger partial charge is 0.0613 e. The lowest BCUT2D eigenvalue weighted by Gasteiger charge is -1.89. The van der Waals surface area contributed by atoms with Crippen molar-refractivity contribution in [2.24, 2.45) is 0 Å². The quantitative estimate of drug-likeness (QED) is 0.514. The summed E-state index contributed by atoms with van der Waals surface area (Å²) in [6, 6.07) is 11.0. The minimum Gasteiger partial charge on any atom is -0.0613 e. The van der Waals surface area contributed by atoms with Crippen molar-refractivity contribution < 1.29 is 1.43 Å². The van der Waals surface area contributed by atoms with Crippen LogP contribution >= 0.6 is 0 Å². The molecule has 41 valence electrons. The molecule has 1 rings (SSSR count). The van der Waals surface area contributed by atoms with E-state index in [4.69, 9.17) is 0 Å². The fourth-order valence-corrected chi connectivity index (χ4v) is 0.657. The van der Waals surface area contributed by atoms with E-state index >= 15 is 0 Å². The van der Waals surface area contributed by atoms with Crippen molar-refractivity contribution in [1.29, 1.82) is 0 Å². The van der Waals surface area contributed by atoms with Gasteiger partial charge in [-0.1, -0.05) is 31.2 Å². The summed E-state index contributed by atoms with van der Waals surface area (Å²) in [5.74, 6) is 0. The van der Waals surface area contributed by atoms with Gasteiger partial charge >= 0.3 is 1.43 Å². The van der Waals surface area contributed by atoms with Crippen LogP contribution in [0.3, 0.4) is 0 Å². The molecule has 0 fully saturated rings. The van der Waals surface area contributed by atoms with Crippen molar-refractivity contribution in [3.63, 3.8) is 0 Å². The third kappa shape index (κ3) is 1.09. The molecule has 0 heteroatoms. The van der Waals surface area contributed by atoms with Crippen molar-refractivity contribution in [3.05, 3.63) is 35.9 Å². The normalized spacial score (nSPS) is 9.12. The maximum atomic E-state index is 2.97. The Labute approximate surface area is 51.6 Å². The molecule has 0 aliphatic rings. The molecule has 0 unspecified atom stereocenters. The van der Waals surface area contributed by atoms with Crippen LogP contribution in [-0.2, 0) is 6.42 Å². The highest BCUT2D eigenvalue weighted by atomic mass is 13.9. The van der Waals surface area contributed by atoms with Crippen LogP contribution in [0, 0.1) is 6.07 Å². The van der Waals surface area contributed by atoms with Gasteiger partial charge in [-0.25, -0.2) is 0 Å². The second-order valence-corrected chi connectivity index (χ2v) is 1.76. The van der Waals surface area contributed by atoms with Gasteiger partial charge in [0.2, 0.25) is 0 Å². The zero-order valence-corrected chi connectivity index (χ0v) is 5.02. The molecule has 0 saturated carbocycles. The van der Waals surface area contributed by atoms with Crippen LogP contribution in [0.15, 0.2) is 24.3 Å². The summed E-state index contributed by atoms with van der Waals surface area (Å²) in [5.41, 5.74) is 1.38. The molecule has 0 amide bonds. The van der Waals surface area contributed by atoms with Gasteiger partial charge in [-0.15, -0.1) is 0 Å². The van der Waals surface area contributed by atoms with E-state index in [9.17, 15) is 0 Å². The summed E-state index contributed by atoms with van der Waals surface area (Å²) in [7, 11) is 0. The molecule has 0 aromatic heterocycles. The van der Waals surface area contributed by atoms with E-state index in [-0.39, 0.29) is 1.43 Å². The monoisotopic (exact) mass is 106 g/mol. The van der Waals surface area contributed by atoms with Gasteiger partial charge in [-0.05, 0) is 18.1 Å². The van der Waals surface area contributed by atoms with E-state index in [2.05, 4.69) is 25.1 Å². The molecular formula is C8H10+. The molecule has 1 aromatic rings. The minimum atomic E-state index is 0. The zero-order valence-electron chi connectivity index (χ0n) is 6.02. The molecule has 0 N–H and O–H groups in total. The Bertz CT molecular complexity index is 146. The highest BCUT2D eigenvalue weighted by Crippen LogP contribution is 1.96. The maximum absolute atomic E-state index is 2.97. The third-order valence-electron chi connectivity index (χ3n) is 1.20. The summed E-state index contributed by atoms with van der Waals surface area (Å²) in [5, 5.41) is 0. The first kappa shape index (κ1) is 5.36. The van der Waals surface area contributed by atoms with E-state index in [1.807, 2.05) is 12.1 Å². The maximum Gasteiger partial charge on any atom is 1.00 e. The Morgan fingerprint density at radius 1 is 1.50 bits per heavy atom. The van der Waals surface area contributed by atoms with E-state index < -0.39 is 0 Å². The molecule has 0 aliphatic carbocycles. The third-order valence-corrected chi connectivity index (χ3v) is 1.20. The summed E-state index contributed by atoms with van der Waals surface area (Å²) >= 11 is 0. The van der Waals surface area contributed by atoms with Crippen molar-refractivity contribution in [1.82, 2.24) is 0 Å². The standard InChI is InChI=1S/C8H9/c1-2-8-6-4-3-5-7-8/h4-7H,2H2,1H3/p+1. The second-order valence-electron chi connectivity index (χ2n) is 1.76. The van der Waals surface area contributed by atoms with E-state index in [0.29, 0.717) is 0 Å². The van der Waals surface area contributed by atoms with Crippen molar-refractivity contribution >= 4 is 0 Å². The minimum absolute atomic E-state index is 0. The first-order valence-electron chi connectivity index (χ1n) is 2.88. The van der Waals surface area contributed by atoms with Gasteiger partial charge in [0, 0.05) is 0 Å². The van der Waals surface area contributed by atoms with Crippen molar-refractivity contribution in [2.45, 2.75) is 13.3 Å². The van der Waals surface area contributed by atoms with Crippen molar-refractivity contribution in [3.8, 4) is 0 Å². The fourth-order valence-electron chi connectivity index (χ4n) is 0.657. The molecule has 1 aromatic carbocycles. The number of hydrogen-bond donors (Lipinski definition) is 0. The lowest BCUT2D eigenvalue weighted by atomic mass is 10.2. The largest absolute Gasteiger partial charge is 1.00 e. The lowest BCUT2D eigenvalue weighted by Crippen LogP contribution is -1.74. The Morgan fingerprint density at radius 2 is 2.12 bits per heavy atom. The van der Waals surface area contributed by atoms with Crippen molar-refractivity contribution in [2.75, 3.05) is 0 Å². The first-order valence-corrected chi connectivity index (χ1v) is 2.88. The van der Waals surface area contributed by atoms with Crippen LogP contribution in [0.2, 0.25) is 0 Å². The van der Waals surface area contributed by atoms with Crippen LogP contribution in [0.1, 0.15) is 13.9 Å². The van der Waals surface area contributed by atoms with Crippen LogP contribution in [0.4, 0.5) is 0 Å². The van der Waals surface area contributed by atoms with Gasteiger partial charge in [0.05, 0.1) is 0 Å². The van der Waals surface area contributed by atoms with Crippen LogP contribution < -0.4 is 0 Å². The summed E-state index contributed by atoms with van der Waals surface area (Å²) in [6.07, 6.45) is 1.12. The van der Waals surface area contributed by atoms with Gasteiger partial charge in [0.25, 0.3) is 0 Å². The molecule has 0 spiro atoms. The Morgan fingerprint density at radius 3 is 2.50 bits per heavy atom. The molecule has 0 nitrogen and oxygen atoms in total. The average Bonchev–Trinajstić information content (AvgIpc) is 1.90. The van der Waals surface area contributed by atoms with Gasteiger partial charge in [-0.2, -0.15) is 0 Å². The SMILES string of the molecule is CCc1cc[c]cc1.[H+]. The highest BCUT2D eigenvalue weighted by Gasteiger charge is 1.80. The van der Waals surface area contributed by atoms with E-state index in [1.165, 1.54) is 5.56 Å². The molecule has 0 bridgehead atoms. The molecule has 1 radical (unpaired) electrons. The van der Waals surface area contributed by atoms with Gasteiger partial charge in [-0.3, -0.25) is 0 Å². The van der Waals surface area contributed by atoms with Crippen LogP contribution in [-0.4, -0.2) is 0 Å². The number of aryl methyl sites for hydroxylation is 1. The van der Waals surface area contributed by atoms with Gasteiger partial charge in [0.1, 0.15) is 0 Å². The summed E-state index contributed by atoms with van der Waals surface area (Å²) in [6.45, 7) is 2.15. The molecule has 8 heavy (non-hydrogen) atoms. The topological polar surface area (TPSA) is 0 Å². The fraction of sp³-hybridized carbons (Fsp3) is 0.250. The zero-order chi connectivity index (χ0) is 5.82. The number of benzene rings is 1. The number of rotatable bonds is 1. The van der Waals surface area contributed by atoms with E-state index in [1.54, 1.807) is 0 Å². The predicted molar refractivity (Wildman–Crippen MR) is 35.8 cm³/mol. The predicted octanol–water partition coefficient (Wildman–Crippen LogP) is 2.16. The average molecular weight is 106 g/mol. The van der Waals surface area contributed by atoms with Gasteiger partial charge in [0.15, 0.2) is 0 Å². The molecule has 0 saturated heterocycles. The lowest BCUT2D eigenvalue weighted by molar-refractivity contribution is 1.14. The first-order chi connectivity index (χ1) is 3.93. The highest BCUT2D eigenvalue weighted by molar-refractivity contribution is 5.12. The molecular weight excluding hydrogens is 96.1 g/mol.